The molecular weight excluding hydrogens is 645 g/mol. The Morgan fingerprint density at radius 3 is 2.12 bits per heavy atom. The molecule has 13 heteroatoms. The summed E-state index contributed by atoms with van der Waals surface area (Å²) in [4.78, 5) is 20.9. The van der Waals surface area contributed by atoms with Crippen LogP contribution in [0.15, 0.2) is 24.3 Å². The number of H-pyrrole nitrogens is 1. The largest absolute Gasteiger partial charge is 0.504 e. The second kappa shape index (κ2) is 12.3. The van der Waals surface area contributed by atoms with E-state index < -0.39 is 35.9 Å². The van der Waals surface area contributed by atoms with E-state index in [2.05, 4.69) is 26.2 Å². The Morgan fingerprint density at radius 2 is 1.52 bits per heavy atom. The van der Waals surface area contributed by atoms with Crippen LogP contribution in [0.1, 0.15) is 56.0 Å². The third-order valence-corrected chi connectivity index (χ3v) is 10.9. The number of aromatic amines is 1. The molecule has 5 atom stereocenters. The van der Waals surface area contributed by atoms with Crippen LogP contribution in [0.4, 0.5) is 4.39 Å². The molecule has 50 heavy (non-hydrogen) atoms. The van der Waals surface area contributed by atoms with Crippen LogP contribution >= 0.6 is 0 Å². The minimum absolute atomic E-state index is 0.00426. The minimum Gasteiger partial charge on any atom is -0.504 e. The number of hydrogen-bond donors (Lipinski definition) is 4. The summed E-state index contributed by atoms with van der Waals surface area (Å²) in [5.41, 5.74) is 4.81. The van der Waals surface area contributed by atoms with Crippen LogP contribution in [-0.4, -0.2) is 91.1 Å². The molecular formula is C37H40FN5O7. The van der Waals surface area contributed by atoms with Gasteiger partial charge in [-0.1, -0.05) is 0 Å². The first-order valence-electron chi connectivity index (χ1n) is 16.4. The lowest BCUT2D eigenvalue weighted by Crippen LogP contribution is -2.68. The van der Waals surface area contributed by atoms with Crippen LogP contribution in [0.3, 0.4) is 0 Å². The number of carbonyl (C=O) groups excluding carboxylic acids is 1. The molecule has 0 aliphatic carbocycles. The number of halogens is 1. The molecule has 4 aromatic rings. The summed E-state index contributed by atoms with van der Waals surface area (Å²) in [7, 11) is 8.07. The molecule has 7 rings (SSSR count). The summed E-state index contributed by atoms with van der Waals surface area (Å²) in [6, 6.07) is 5.74. The van der Waals surface area contributed by atoms with E-state index in [0.29, 0.717) is 68.8 Å². The maximum atomic E-state index is 13.9. The second-order valence-electron chi connectivity index (χ2n) is 13.2. The standard InChI is InChI=1S/C37H40FN5O7/c1-16-33(47-4)20-13-25-30-29-21(34(48-5)17(2)36(50-7)32(29)45)12-24(42(30)3)26(14-39)43(25)27(28(20)31(44)35(16)49-6)15-40-37(46)23-11-18-10-19(38)8-9-22(18)41-23/h8-11,24-27,30,41,44-45H,12-13,15H2,1-7H3,(H,40,46)/t24-,25-,26-,27-,30-/m0/s1. The van der Waals surface area contributed by atoms with E-state index in [4.69, 9.17) is 18.9 Å². The van der Waals surface area contributed by atoms with Gasteiger partial charge in [-0.25, -0.2) is 4.39 Å². The van der Waals surface area contributed by atoms with Crippen LogP contribution in [0.2, 0.25) is 0 Å². The highest BCUT2D eigenvalue weighted by Crippen LogP contribution is 2.58. The van der Waals surface area contributed by atoms with Crippen LogP contribution in [0, 0.1) is 31.0 Å². The first-order chi connectivity index (χ1) is 24.0. The molecule has 4 heterocycles. The van der Waals surface area contributed by atoms with E-state index in [1.807, 2.05) is 14.0 Å². The summed E-state index contributed by atoms with van der Waals surface area (Å²) < 4.78 is 37.2. The van der Waals surface area contributed by atoms with Gasteiger partial charge in [0.1, 0.15) is 29.1 Å². The number of nitrogens with zero attached hydrogens (tertiary/aromatic N) is 3. The maximum Gasteiger partial charge on any atom is 0.267 e. The monoisotopic (exact) mass is 685 g/mol. The van der Waals surface area contributed by atoms with Gasteiger partial charge in [-0.05, 0) is 58.0 Å². The topological polar surface area (TPSA) is 153 Å². The SMILES string of the molecule is COc1c(C)c(OC)c2c(c1O)[C@@H]1[C@@H]3Cc4c(OC)c(C)c(OC)c(O)c4[C@H](CNC(=O)c4cc5cc(F)ccc5[nH]4)N3[C@@H](C#N)[C@H](C2)N1C. The fourth-order valence-corrected chi connectivity index (χ4v) is 8.92. The number of phenols is 2. The summed E-state index contributed by atoms with van der Waals surface area (Å²) >= 11 is 0. The number of fused-ring (bicyclic) bond motifs is 8. The van der Waals surface area contributed by atoms with E-state index in [9.17, 15) is 24.7 Å². The zero-order chi connectivity index (χ0) is 35.8. The van der Waals surface area contributed by atoms with Crippen molar-refractivity contribution >= 4 is 16.8 Å². The highest BCUT2D eigenvalue weighted by molar-refractivity contribution is 5.98. The molecule has 0 unspecified atom stereocenters. The Kier molecular flexibility index (Phi) is 8.19. The highest BCUT2D eigenvalue weighted by Gasteiger charge is 2.57. The normalized spacial score (nSPS) is 22.6. The number of amides is 1. The number of aromatic hydroxyl groups is 2. The van der Waals surface area contributed by atoms with Crippen molar-refractivity contribution in [3.63, 3.8) is 0 Å². The van der Waals surface area contributed by atoms with Crippen LogP contribution in [0.25, 0.3) is 10.9 Å². The number of aromatic nitrogens is 1. The molecule has 0 saturated carbocycles. The fourth-order valence-electron chi connectivity index (χ4n) is 8.92. The fraction of sp³-hybridized carbons (Fsp3) is 0.405. The number of ether oxygens (including phenoxy) is 4. The zero-order valence-electron chi connectivity index (χ0n) is 29.0. The molecule has 1 saturated heterocycles. The molecule has 1 aromatic heterocycles. The second-order valence-corrected chi connectivity index (χ2v) is 13.2. The van der Waals surface area contributed by atoms with Gasteiger partial charge >= 0.3 is 0 Å². The van der Waals surface area contributed by atoms with Gasteiger partial charge < -0.3 is 39.5 Å². The molecule has 1 fully saturated rings. The van der Waals surface area contributed by atoms with Gasteiger partial charge in [0.25, 0.3) is 5.91 Å². The Hall–Kier alpha value is -5.19. The molecule has 2 bridgehead atoms. The first-order valence-corrected chi connectivity index (χ1v) is 16.4. The molecule has 0 radical (unpaired) electrons. The van der Waals surface area contributed by atoms with Gasteiger partial charge in [0.2, 0.25) is 0 Å². The van der Waals surface area contributed by atoms with Crippen LogP contribution in [0.5, 0.6) is 34.5 Å². The highest BCUT2D eigenvalue weighted by atomic mass is 19.1. The van der Waals surface area contributed by atoms with Crippen LogP contribution < -0.4 is 24.3 Å². The molecule has 0 spiro atoms. The Bertz CT molecular complexity index is 2090. The van der Waals surface area contributed by atoms with Crippen molar-refractivity contribution < 1.29 is 38.3 Å². The van der Waals surface area contributed by atoms with E-state index >= 15 is 0 Å². The maximum absolute atomic E-state index is 13.9. The Morgan fingerprint density at radius 1 is 0.940 bits per heavy atom. The van der Waals surface area contributed by atoms with Crippen molar-refractivity contribution in [1.82, 2.24) is 20.1 Å². The number of methoxy groups -OCH3 is 4. The first kappa shape index (κ1) is 33.3. The van der Waals surface area contributed by atoms with E-state index in [1.54, 1.807) is 33.3 Å². The number of benzene rings is 3. The molecule has 262 valence electrons. The lowest BCUT2D eigenvalue weighted by Gasteiger charge is -2.60. The van der Waals surface area contributed by atoms with Gasteiger partial charge in [0, 0.05) is 62.9 Å². The summed E-state index contributed by atoms with van der Waals surface area (Å²) in [5, 5.41) is 38.2. The average molecular weight is 686 g/mol. The molecule has 3 aliphatic rings. The number of nitriles is 1. The third-order valence-electron chi connectivity index (χ3n) is 10.9. The number of nitrogens with one attached hydrogen (secondary N) is 2. The molecule has 3 aromatic carbocycles. The number of hydrogen-bond acceptors (Lipinski definition) is 10. The lowest BCUT2D eigenvalue weighted by molar-refractivity contribution is -0.0724. The van der Waals surface area contributed by atoms with Crippen molar-refractivity contribution in [2.24, 2.45) is 0 Å². The number of phenolic OH excluding ortho intramolecular Hbond substituents is 2. The number of piperazine rings is 1. The number of rotatable bonds is 7. The summed E-state index contributed by atoms with van der Waals surface area (Å²) in [5.74, 6) is 0.757. The van der Waals surface area contributed by atoms with Crippen molar-refractivity contribution in [1.29, 1.82) is 5.26 Å². The van der Waals surface area contributed by atoms with Gasteiger partial charge in [-0.15, -0.1) is 0 Å². The van der Waals surface area contributed by atoms with E-state index in [1.165, 1.54) is 26.4 Å². The molecule has 3 aliphatic heterocycles. The van der Waals surface area contributed by atoms with E-state index in [-0.39, 0.29) is 35.5 Å². The smallest absolute Gasteiger partial charge is 0.267 e. The van der Waals surface area contributed by atoms with Gasteiger partial charge in [0.15, 0.2) is 23.0 Å². The molecule has 12 nitrogen and oxygen atoms in total. The number of carbonyl (C=O) groups is 1. The van der Waals surface area contributed by atoms with E-state index in [0.717, 1.165) is 5.56 Å². The Balaban J connectivity index is 1.41. The predicted molar refractivity (Wildman–Crippen MR) is 182 cm³/mol. The van der Waals surface area contributed by atoms with Crippen molar-refractivity contribution in [2.45, 2.75) is 56.9 Å². The average Bonchev–Trinajstić information content (AvgIpc) is 3.52. The molecule has 1 amide bonds. The summed E-state index contributed by atoms with van der Waals surface area (Å²) in [6.45, 7) is 3.64. The van der Waals surface area contributed by atoms with Gasteiger partial charge in [-0.2, -0.15) is 5.26 Å². The third kappa shape index (κ3) is 4.65. The quantitative estimate of drug-likeness (QED) is 0.218. The lowest BCUT2D eigenvalue weighted by atomic mass is 9.71. The number of likely N-dealkylation sites (N-methyl/N-ethyl adjacent to an activating group) is 1. The van der Waals surface area contributed by atoms with Gasteiger partial charge in [-0.3, -0.25) is 14.6 Å². The van der Waals surface area contributed by atoms with Gasteiger partial charge in [0.05, 0.1) is 46.6 Å². The predicted octanol–water partition coefficient (Wildman–Crippen LogP) is 4.57. The summed E-state index contributed by atoms with van der Waals surface area (Å²) in [6.07, 6.45) is 0.738. The molecule has 4 N–H and O–H groups in total. The van der Waals surface area contributed by atoms with Crippen molar-refractivity contribution in [3.8, 4) is 40.6 Å². The minimum atomic E-state index is -0.723. The Labute approximate surface area is 288 Å². The van der Waals surface area contributed by atoms with Crippen molar-refractivity contribution in [3.05, 3.63) is 69.2 Å². The zero-order valence-corrected chi connectivity index (χ0v) is 29.0. The van der Waals surface area contributed by atoms with Crippen LogP contribution in [-0.2, 0) is 12.8 Å². The van der Waals surface area contributed by atoms with Crippen molar-refractivity contribution in [2.75, 3.05) is 42.0 Å².